The zero-order valence-electron chi connectivity index (χ0n) is 10.9. The molecule has 1 aliphatic rings. The van der Waals surface area contributed by atoms with Crippen LogP contribution in [0.2, 0.25) is 0 Å². The topological polar surface area (TPSA) is 66.3 Å². The molecule has 0 aliphatic carbocycles. The summed E-state index contributed by atoms with van der Waals surface area (Å²) in [5, 5.41) is 9.19. The Kier molecular flexibility index (Phi) is 3.50. The minimum atomic E-state index is -0.695. The van der Waals surface area contributed by atoms with Crippen LogP contribution >= 0.6 is 0 Å². The number of carboxylic acids is 1. The van der Waals surface area contributed by atoms with Crippen LogP contribution in [0.25, 0.3) is 0 Å². The Hall–Kier alpha value is -1.65. The first-order valence-electron chi connectivity index (χ1n) is 6.34. The molecule has 0 unspecified atom stereocenters. The van der Waals surface area contributed by atoms with E-state index in [-0.39, 0.29) is 0 Å². The van der Waals surface area contributed by atoms with Crippen LogP contribution in [0.5, 0.6) is 0 Å². The van der Waals surface area contributed by atoms with Crippen LogP contribution in [0.1, 0.15) is 32.4 Å². The Bertz CT molecular complexity index is 440. The van der Waals surface area contributed by atoms with Crippen molar-refractivity contribution < 1.29 is 9.90 Å². The molecule has 2 heterocycles. The fraction of sp³-hybridized carbons (Fsp3) is 0.615. The summed E-state index contributed by atoms with van der Waals surface area (Å²) >= 11 is 0. The van der Waals surface area contributed by atoms with E-state index in [0.29, 0.717) is 12.8 Å². The number of aliphatic carboxylic acids is 1. The predicted molar refractivity (Wildman–Crippen MR) is 68.6 cm³/mol. The van der Waals surface area contributed by atoms with E-state index in [4.69, 9.17) is 0 Å². The highest BCUT2D eigenvalue weighted by Gasteiger charge is 2.37. The van der Waals surface area contributed by atoms with Gasteiger partial charge in [0.25, 0.3) is 0 Å². The van der Waals surface area contributed by atoms with Crippen LogP contribution in [0.4, 0.5) is 5.82 Å². The average Bonchev–Trinajstić information content (AvgIpc) is 2.39. The van der Waals surface area contributed by atoms with E-state index in [1.54, 1.807) is 6.33 Å². The summed E-state index contributed by atoms with van der Waals surface area (Å²) in [5.74, 6) is 0.216. The molecule has 98 valence electrons. The Labute approximate surface area is 107 Å². The molecule has 1 fully saturated rings. The van der Waals surface area contributed by atoms with Crippen molar-refractivity contribution >= 4 is 11.8 Å². The molecule has 1 N–H and O–H groups in total. The first-order chi connectivity index (χ1) is 8.55. The van der Waals surface area contributed by atoms with Gasteiger partial charge in [0.2, 0.25) is 0 Å². The fourth-order valence-corrected chi connectivity index (χ4v) is 2.20. The zero-order chi connectivity index (χ0) is 13.2. The smallest absolute Gasteiger partial charge is 0.309 e. The summed E-state index contributed by atoms with van der Waals surface area (Å²) in [5.41, 5.74) is 0.434. The minimum Gasteiger partial charge on any atom is -0.481 e. The maximum Gasteiger partial charge on any atom is 0.309 e. The maximum atomic E-state index is 11.2. The van der Waals surface area contributed by atoms with Gasteiger partial charge in [-0.1, -0.05) is 6.92 Å². The lowest BCUT2D eigenvalue weighted by atomic mass is 9.80. The van der Waals surface area contributed by atoms with Crippen molar-refractivity contribution in [2.45, 2.75) is 33.1 Å². The van der Waals surface area contributed by atoms with Crippen molar-refractivity contribution in [3.63, 3.8) is 0 Å². The van der Waals surface area contributed by atoms with Gasteiger partial charge in [0.15, 0.2) is 0 Å². The number of hydrogen-bond acceptors (Lipinski definition) is 4. The summed E-state index contributed by atoms with van der Waals surface area (Å²) in [6.45, 7) is 5.36. The Morgan fingerprint density at radius 1 is 1.44 bits per heavy atom. The lowest BCUT2D eigenvalue weighted by Crippen LogP contribution is -2.43. The highest BCUT2D eigenvalue weighted by atomic mass is 16.4. The second-order valence-electron chi connectivity index (χ2n) is 5.07. The summed E-state index contributed by atoms with van der Waals surface area (Å²) in [4.78, 5) is 21.8. The summed E-state index contributed by atoms with van der Waals surface area (Å²) in [7, 11) is 0. The Balaban J connectivity index is 2.07. The molecule has 1 saturated heterocycles. The second-order valence-corrected chi connectivity index (χ2v) is 5.07. The fourth-order valence-electron chi connectivity index (χ4n) is 2.20. The molecular formula is C13H19N3O2. The number of piperidine rings is 1. The van der Waals surface area contributed by atoms with Gasteiger partial charge in [-0.25, -0.2) is 9.97 Å². The summed E-state index contributed by atoms with van der Waals surface area (Å²) in [6.07, 6.45) is 3.79. The number of aryl methyl sites for hydroxylation is 1. The first-order valence-corrected chi connectivity index (χ1v) is 6.34. The zero-order valence-corrected chi connectivity index (χ0v) is 10.9. The third kappa shape index (κ3) is 2.44. The van der Waals surface area contributed by atoms with Gasteiger partial charge in [-0.05, 0) is 26.2 Å². The number of anilines is 1. The highest BCUT2D eigenvalue weighted by molar-refractivity contribution is 5.74. The van der Waals surface area contributed by atoms with Crippen molar-refractivity contribution in [2.24, 2.45) is 5.41 Å². The monoisotopic (exact) mass is 249 g/mol. The van der Waals surface area contributed by atoms with E-state index < -0.39 is 11.4 Å². The van der Waals surface area contributed by atoms with E-state index in [0.717, 1.165) is 31.0 Å². The standard InChI is InChI=1S/C13H19N3O2/c1-3-10-8-11(15-9-14-10)16-6-4-13(2,5-7-16)12(17)18/h8-9H,3-7H2,1-2H3,(H,17,18). The predicted octanol–water partition coefficient (Wildman–Crippen LogP) is 1.73. The molecule has 0 bridgehead atoms. The molecule has 18 heavy (non-hydrogen) atoms. The Morgan fingerprint density at radius 2 is 2.11 bits per heavy atom. The number of aromatic nitrogens is 2. The van der Waals surface area contributed by atoms with Crippen LogP contribution in [-0.2, 0) is 11.2 Å². The molecule has 0 aromatic carbocycles. The second kappa shape index (κ2) is 4.92. The third-order valence-electron chi connectivity index (χ3n) is 3.78. The Morgan fingerprint density at radius 3 is 2.67 bits per heavy atom. The van der Waals surface area contributed by atoms with Crippen LogP contribution in [0.3, 0.4) is 0 Å². The van der Waals surface area contributed by atoms with Gasteiger partial charge >= 0.3 is 5.97 Å². The average molecular weight is 249 g/mol. The number of hydrogen-bond donors (Lipinski definition) is 1. The molecule has 5 nitrogen and oxygen atoms in total. The molecule has 0 saturated carbocycles. The van der Waals surface area contributed by atoms with Gasteiger partial charge in [-0.15, -0.1) is 0 Å². The number of carboxylic acid groups (broad SMARTS) is 1. The molecule has 2 rings (SSSR count). The molecule has 0 atom stereocenters. The van der Waals surface area contributed by atoms with E-state index in [1.165, 1.54) is 0 Å². The molecule has 0 spiro atoms. The van der Waals surface area contributed by atoms with Crippen molar-refractivity contribution in [1.82, 2.24) is 9.97 Å². The lowest BCUT2D eigenvalue weighted by Gasteiger charge is -2.37. The normalized spacial score (nSPS) is 18.7. The van der Waals surface area contributed by atoms with Gasteiger partial charge < -0.3 is 10.0 Å². The molecule has 0 amide bonds. The van der Waals surface area contributed by atoms with Crippen LogP contribution in [0.15, 0.2) is 12.4 Å². The minimum absolute atomic E-state index is 0.586. The lowest BCUT2D eigenvalue weighted by molar-refractivity contribution is -0.149. The van der Waals surface area contributed by atoms with Gasteiger partial charge in [0.1, 0.15) is 12.1 Å². The van der Waals surface area contributed by atoms with Gasteiger partial charge in [-0.3, -0.25) is 4.79 Å². The van der Waals surface area contributed by atoms with Gasteiger partial charge in [0.05, 0.1) is 5.41 Å². The molecule has 1 aromatic rings. The number of rotatable bonds is 3. The van der Waals surface area contributed by atoms with Crippen LogP contribution in [-0.4, -0.2) is 34.1 Å². The van der Waals surface area contributed by atoms with Gasteiger partial charge in [0, 0.05) is 24.8 Å². The van der Waals surface area contributed by atoms with Crippen LogP contribution in [0, 0.1) is 5.41 Å². The van der Waals surface area contributed by atoms with Crippen molar-refractivity contribution in [1.29, 1.82) is 0 Å². The molecule has 1 aliphatic heterocycles. The largest absolute Gasteiger partial charge is 0.481 e. The summed E-state index contributed by atoms with van der Waals surface area (Å²) < 4.78 is 0. The van der Waals surface area contributed by atoms with E-state index in [1.807, 2.05) is 13.0 Å². The van der Waals surface area contributed by atoms with Crippen molar-refractivity contribution in [3.05, 3.63) is 18.1 Å². The highest BCUT2D eigenvalue weighted by Crippen LogP contribution is 2.32. The van der Waals surface area contributed by atoms with Crippen molar-refractivity contribution in [3.8, 4) is 0 Å². The quantitative estimate of drug-likeness (QED) is 0.883. The number of nitrogens with zero attached hydrogens (tertiary/aromatic N) is 3. The van der Waals surface area contributed by atoms with Crippen LogP contribution < -0.4 is 4.90 Å². The van der Waals surface area contributed by atoms with Gasteiger partial charge in [-0.2, -0.15) is 0 Å². The van der Waals surface area contributed by atoms with E-state index in [9.17, 15) is 9.90 Å². The number of carbonyl (C=O) groups is 1. The SMILES string of the molecule is CCc1cc(N2CCC(C)(C(=O)O)CC2)ncn1. The summed E-state index contributed by atoms with van der Waals surface area (Å²) in [6, 6.07) is 1.99. The first kappa shape index (κ1) is 12.8. The van der Waals surface area contributed by atoms with Crippen molar-refractivity contribution in [2.75, 3.05) is 18.0 Å². The van der Waals surface area contributed by atoms with E-state index >= 15 is 0 Å². The van der Waals surface area contributed by atoms with E-state index in [2.05, 4.69) is 21.8 Å². The molecule has 5 heteroatoms. The molecule has 0 radical (unpaired) electrons. The molecular weight excluding hydrogens is 230 g/mol. The third-order valence-corrected chi connectivity index (χ3v) is 3.78. The molecule has 1 aromatic heterocycles. The maximum absolute atomic E-state index is 11.2.